The second kappa shape index (κ2) is 18.2. The molecule has 0 aromatic rings. The van der Waals surface area contributed by atoms with Crippen LogP contribution in [0.2, 0.25) is 0 Å². The number of ether oxygens (including phenoxy) is 1. The van der Waals surface area contributed by atoms with E-state index in [2.05, 4.69) is 0 Å². The van der Waals surface area contributed by atoms with Crippen LogP contribution in [0.25, 0.3) is 0 Å². The van der Waals surface area contributed by atoms with Crippen molar-refractivity contribution in [1.82, 2.24) is 0 Å². The van der Waals surface area contributed by atoms with Crippen LogP contribution in [0.5, 0.6) is 0 Å². The summed E-state index contributed by atoms with van der Waals surface area (Å²) in [4.78, 5) is 20.7. The van der Waals surface area contributed by atoms with Crippen LogP contribution in [0.15, 0.2) is 0 Å². The van der Waals surface area contributed by atoms with Gasteiger partial charge in [-0.05, 0) is 12.8 Å². The summed E-state index contributed by atoms with van der Waals surface area (Å²) in [6.07, 6.45) is 19.6. The maximum Gasteiger partial charge on any atom is 0.302 e. The first-order valence-electron chi connectivity index (χ1n) is 9.34. The summed E-state index contributed by atoms with van der Waals surface area (Å²) in [5.41, 5.74) is 0. The van der Waals surface area contributed by atoms with Crippen molar-refractivity contribution >= 4 is 12.3 Å². The summed E-state index contributed by atoms with van der Waals surface area (Å²) in [7, 11) is 0. The molecule has 3 nitrogen and oxygen atoms in total. The van der Waals surface area contributed by atoms with E-state index in [1.54, 1.807) is 0 Å². The van der Waals surface area contributed by atoms with Crippen molar-refractivity contribution in [3.8, 4) is 0 Å². The second-order valence-corrected chi connectivity index (χ2v) is 6.25. The molecule has 0 aliphatic rings. The smallest absolute Gasteiger partial charge is 0.302 e. The first-order chi connectivity index (χ1) is 10.8. The van der Waals surface area contributed by atoms with Gasteiger partial charge < -0.3 is 9.53 Å². The molecule has 0 unspecified atom stereocenters. The van der Waals surface area contributed by atoms with Gasteiger partial charge in [0.05, 0.1) is 6.61 Å². The Morgan fingerprint density at radius 2 is 1.05 bits per heavy atom. The normalized spacial score (nSPS) is 10.6. The minimum absolute atomic E-state index is 0.166. The Morgan fingerprint density at radius 3 is 1.41 bits per heavy atom. The molecule has 0 bridgehead atoms. The molecule has 0 heterocycles. The molecule has 0 rings (SSSR count). The molecule has 0 aliphatic heterocycles. The van der Waals surface area contributed by atoms with Crippen molar-refractivity contribution in [2.75, 3.05) is 6.61 Å². The minimum atomic E-state index is -0.166. The van der Waals surface area contributed by atoms with E-state index in [0.29, 0.717) is 6.61 Å². The Labute approximate surface area is 137 Å². The van der Waals surface area contributed by atoms with Gasteiger partial charge in [-0.2, -0.15) is 0 Å². The van der Waals surface area contributed by atoms with Gasteiger partial charge in [0.1, 0.15) is 6.29 Å². The predicted molar refractivity (Wildman–Crippen MR) is 92.0 cm³/mol. The Morgan fingerprint density at radius 1 is 0.682 bits per heavy atom. The number of esters is 1. The topological polar surface area (TPSA) is 43.4 Å². The molecular formula is C19H36O3. The number of hydrogen-bond acceptors (Lipinski definition) is 3. The molecule has 130 valence electrons. The highest BCUT2D eigenvalue weighted by Gasteiger charge is 1.95. The Kier molecular flexibility index (Phi) is 17.5. The molecule has 22 heavy (non-hydrogen) atoms. The Balaban J connectivity index is 2.97. The second-order valence-electron chi connectivity index (χ2n) is 6.25. The van der Waals surface area contributed by atoms with Crippen LogP contribution in [0.1, 0.15) is 103 Å². The maximum absolute atomic E-state index is 10.6. The van der Waals surface area contributed by atoms with E-state index in [9.17, 15) is 9.59 Å². The highest BCUT2D eigenvalue weighted by Crippen LogP contribution is 2.13. The predicted octanol–water partition coefficient (Wildman–Crippen LogP) is 5.60. The lowest BCUT2D eigenvalue weighted by atomic mass is 10.0. The lowest BCUT2D eigenvalue weighted by molar-refractivity contribution is -0.141. The number of hydrogen-bond donors (Lipinski definition) is 0. The van der Waals surface area contributed by atoms with Crippen molar-refractivity contribution in [3.63, 3.8) is 0 Å². The van der Waals surface area contributed by atoms with E-state index in [0.717, 1.165) is 25.5 Å². The molecule has 0 amide bonds. The first-order valence-corrected chi connectivity index (χ1v) is 9.34. The van der Waals surface area contributed by atoms with E-state index in [4.69, 9.17) is 4.74 Å². The monoisotopic (exact) mass is 312 g/mol. The van der Waals surface area contributed by atoms with Gasteiger partial charge in [-0.15, -0.1) is 0 Å². The van der Waals surface area contributed by atoms with Crippen molar-refractivity contribution in [3.05, 3.63) is 0 Å². The van der Waals surface area contributed by atoms with Crippen molar-refractivity contribution in [2.45, 2.75) is 103 Å². The zero-order valence-electron chi connectivity index (χ0n) is 14.6. The zero-order valence-corrected chi connectivity index (χ0v) is 14.6. The van der Waals surface area contributed by atoms with E-state index in [1.165, 1.54) is 84.0 Å². The third kappa shape index (κ3) is 19.1. The SMILES string of the molecule is CC(=O)OCCCCCCCCCCCCCCCCC=O. The molecule has 0 saturated carbocycles. The molecule has 0 spiro atoms. The van der Waals surface area contributed by atoms with Crippen LogP contribution in [-0.2, 0) is 14.3 Å². The molecule has 3 heteroatoms. The summed E-state index contributed by atoms with van der Waals surface area (Å²) in [5, 5.41) is 0. The number of carbonyl (C=O) groups excluding carboxylic acids is 2. The summed E-state index contributed by atoms with van der Waals surface area (Å²) in [6, 6.07) is 0. The van der Waals surface area contributed by atoms with Crippen LogP contribution in [0, 0.1) is 0 Å². The number of carbonyl (C=O) groups is 2. The highest BCUT2D eigenvalue weighted by atomic mass is 16.5. The molecule has 0 atom stereocenters. The summed E-state index contributed by atoms with van der Waals surface area (Å²) in [5.74, 6) is -0.166. The van der Waals surface area contributed by atoms with Crippen LogP contribution in [0.3, 0.4) is 0 Å². The molecular weight excluding hydrogens is 276 g/mol. The third-order valence-corrected chi connectivity index (χ3v) is 4.02. The van der Waals surface area contributed by atoms with Crippen LogP contribution in [-0.4, -0.2) is 18.9 Å². The first kappa shape index (κ1) is 21.1. The molecule has 0 aliphatic carbocycles. The highest BCUT2D eigenvalue weighted by molar-refractivity contribution is 5.65. The van der Waals surface area contributed by atoms with E-state index < -0.39 is 0 Å². The fraction of sp³-hybridized carbons (Fsp3) is 0.895. The molecule has 0 aromatic carbocycles. The number of rotatable bonds is 17. The minimum Gasteiger partial charge on any atom is -0.466 e. The van der Waals surface area contributed by atoms with Gasteiger partial charge in [0.2, 0.25) is 0 Å². The average Bonchev–Trinajstić information content (AvgIpc) is 2.50. The lowest BCUT2D eigenvalue weighted by Gasteiger charge is -2.03. The van der Waals surface area contributed by atoms with Crippen molar-refractivity contribution in [2.24, 2.45) is 0 Å². The van der Waals surface area contributed by atoms with Gasteiger partial charge in [0.25, 0.3) is 0 Å². The molecule has 0 fully saturated rings. The van der Waals surface area contributed by atoms with Gasteiger partial charge in [-0.1, -0.05) is 77.0 Å². The van der Waals surface area contributed by atoms with Crippen LogP contribution in [0.4, 0.5) is 0 Å². The van der Waals surface area contributed by atoms with Crippen LogP contribution < -0.4 is 0 Å². The largest absolute Gasteiger partial charge is 0.466 e. The van der Waals surface area contributed by atoms with Crippen molar-refractivity contribution in [1.29, 1.82) is 0 Å². The van der Waals surface area contributed by atoms with Gasteiger partial charge in [0, 0.05) is 13.3 Å². The van der Waals surface area contributed by atoms with Gasteiger partial charge in [-0.3, -0.25) is 4.79 Å². The summed E-state index contributed by atoms with van der Waals surface area (Å²) >= 11 is 0. The fourth-order valence-electron chi connectivity index (χ4n) is 2.67. The maximum atomic E-state index is 10.6. The van der Waals surface area contributed by atoms with Crippen LogP contribution >= 0.6 is 0 Å². The lowest BCUT2D eigenvalue weighted by Crippen LogP contribution is -2.00. The summed E-state index contributed by atoms with van der Waals surface area (Å²) < 4.78 is 4.91. The number of unbranched alkanes of at least 4 members (excludes halogenated alkanes) is 14. The fourth-order valence-corrected chi connectivity index (χ4v) is 2.67. The molecule has 0 saturated heterocycles. The quantitative estimate of drug-likeness (QED) is 0.199. The Bertz CT molecular complexity index is 251. The van der Waals surface area contributed by atoms with E-state index in [-0.39, 0.29) is 5.97 Å². The zero-order chi connectivity index (χ0) is 16.3. The average molecular weight is 312 g/mol. The molecule has 0 radical (unpaired) electrons. The van der Waals surface area contributed by atoms with Gasteiger partial charge in [0.15, 0.2) is 0 Å². The van der Waals surface area contributed by atoms with E-state index >= 15 is 0 Å². The van der Waals surface area contributed by atoms with E-state index in [1.807, 2.05) is 0 Å². The number of aldehydes is 1. The van der Waals surface area contributed by atoms with Gasteiger partial charge in [-0.25, -0.2) is 0 Å². The van der Waals surface area contributed by atoms with Gasteiger partial charge >= 0.3 is 5.97 Å². The van der Waals surface area contributed by atoms with Crippen molar-refractivity contribution < 1.29 is 14.3 Å². The standard InChI is InChI=1S/C19H36O3/c1-19(21)22-18-16-14-12-10-8-6-4-2-3-5-7-9-11-13-15-17-20/h17H,2-16,18H2,1H3. The Hall–Kier alpha value is -0.860. The molecule has 0 aromatic heterocycles. The summed E-state index contributed by atoms with van der Waals surface area (Å²) in [6.45, 7) is 2.05. The molecule has 0 N–H and O–H groups in total. The third-order valence-electron chi connectivity index (χ3n) is 4.02.